The van der Waals surface area contributed by atoms with Crippen molar-refractivity contribution in [2.75, 3.05) is 25.0 Å². The lowest BCUT2D eigenvalue weighted by Gasteiger charge is -2.33. The van der Waals surface area contributed by atoms with E-state index < -0.39 is 0 Å². The van der Waals surface area contributed by atoms with Crippen LogP contribution in [0.25, 0.3) is 0 Å². The van der Waals surface area contributed by atoms with Crippen molar-refractivity contribution in [3.8, 4) is 0 Å². The molecule has 0 aliphatic heterocycles. The maximum Gasteiger partial charge on any atom is 0.131 e. The van der Waals surface area contributed by atoms with E-state index in [0.29, 0.717) is 0 Å². The summed E-state index contributed by atoms with van der Waals surface area (Å²) in [5.41, 5.74) is 2.50. The summed E-state index contributed by atoms with van der Waals surface area (Å²) in [5, 5.41) is 7.84. The third kappa shape index (κ3) is 2.53. The SMILES string of the molecule is CCN(CC1CCC1)c1c(CNC)c(C)nn1C. The molecule has 0 aromatic carbocycles. The molecule has 1 aromatic heterocycles. The van der Waals surface area contributed by atoms with Gasteiger partial charge in [-0.05, 0) is 39.7 Å². The minimum Gasteiger partial charge on any atom is -0.357 e. The van der Waals surface area contributed by atoms with Crippen molar-refractivity contribution in [3.05, 3.63) is 11.3 Å². The number of hydrogen-bond acceptors (Lipinski definition) is 3. The van der Waals surface area contributed by atoms with Crippen LogP contribution in [0, 0.1) is 12.8 Å². The molecule has 0 bridgehead atoms. The molecule has 102 valence electrons. The molecule has 0 radical (unpaired) electrons. The molecular formula is C14H26N4. The molecule has 1 saturated carbocycles. The van der Waals surface area contributed by atoms with Gasteiger partial charge in [0.15, 0.2) is 0 Å². The standard InChI is InChI=1S/C14H26N4/c1-5-18(10-12-7-6-8-12)14-13(9-15-3)11(2)16-17(14)4/h12,15H,5-10H2,1-4H3. The first-order valence-electron chi connectivity index (χ1n) is 7.09. The molecular weight excluding hydrogens is 224 g/mol. The average Bonchev–Trinajstić information content (AvgIpc) is 2.55. The maximum atomic E-state index is 4.58. The Balaban J connectivity index is 2.21. The third-order valence-electron chi connectivity index (χ3n) is 4.05. The predicted molar refractivity (Wildman–Crippen MR) is 75.9 cm³/mol. The van der Waals surface area contributed by atoms with E-state index in [4.69, 9.17) is 0 Å². The lowest BCUT2D eigenvalue weighted by molar-refractivity contribution is 0.317. The first kappa shape index (κ1) is 13.4. The van der Waals surface area contributed by atoms with Crippen LogP contribution in [0.1, 0.15) is 37.4 Å². The van der Waals surface area contributed by atoms with Crippen LogP contribution >= 0.6 is 0 Å². The quantitative estimate of drug-likeness (QED) is 0.839. The van der Waals surface area contributed by atoms with Gasteiger partial charge in [0.2, 0.25) is 0 Å². The summed E-state index contributed by atoms with van der Waals surface area (Å²) in [6.45, 7) is 7.49. The molecule has 18 heavy (non-hydrogen) atoms. The largest absolute Gasteiger partial charge is 0.357 e. The van der Waals surface area contributed by atoms with Gasteiger partial charge in [0, 0.05) is 32.2 Å². The summed E-state index contributed by atoms with van der Waals surface area (Å²) < 4.78 is 2.05. The number of rotatable bonds is 6. The van der Waals surface area contributed by atoms with Gasteiger partial charge in [-0.2, -0.15) is 5.10 Å². The highest BCUT2D eigenvalue weighted by molar-refractivity contribution is 5.50. The van der Waals surface area contributed by atoms with Crippen LogP contribution < -0.4 is 10.2 Å². The molecule has 0 atom stereocenters. The van der Waals surface area contributed by atoms with E-state index in [1.807, 2.05) is 11.7 Å². The highest BCUT2D eigenvalue weighted by atomic mass is 15.4. The molecule has 1 aromatic rings. The maximum absolute atomic E-state index is 4.58. The van der Waals surface area contributed by atoms with Gasteiger partial charge in [-0.25, -0.2) is 0 Å². The van der Waals surface area contributed by atoms with Crippen LogP contribution in [0.2, 0.25) is 0 Å². The number of aromatic nitrogens is 2. The molecule has 0 saturated heterocycles. The molecule has 1 heterocycles. The number of hydrogen-bond donors (Lipinski definition) is 1. The first-order chi connectivity index (χ1) is 8.67. The fourth-order valence-electron chi connectivity index (χ4n) is 2.82. The Kier molecular flexibility index (Phi) is 4.27. The number of nitrogens with zero attached hydrogens (tertiary/aromatic N) is 3. The van der Waals surface area contributed by atoms with Gasteiger partial charge in [-0.1, -0.05) is 6.42 Å². The van der Waals surface area contributed by atoms with Crippen LogP contribution in [0.5, 0.6) is 0 Å². The predicted octanol–water partition coefficient (Wildman–Crippen LogP) is 2.07. The Bertz CT molecular complexity index is 393. The molecule has 4 nitrogen and oxygen atoms in total. The van der Waals surface area contributed by atoms with Crippen molar-refractivity contribution < 1.29 is 0 Å². The van der Waals surface area contributed by atoms with E-state index in [1.54, 1.807) is 0 Å². The molecule has 1 N–H and O–H groups in total. The number of aryl methyl sites for hydroxylation is 2. The topological polar surface area (TPSA) is 33.1 Å². The van der Waals surface area contributed by atoms with E-state index in [1.165, 1.54) is 37.2 Å². The van der Waals surface area contributed by atoms with Crippen molar-refractivity contribution in [2.45, 2.75) is 39.7 Å². The summed E-state index contributed by atoms with van der Waals surface area (Å²) in [6, 6.07) is 0. The van der Waals surface area contributed by atoms with Gasteiger partial charge in [0.25, 0.3) is 0 Å². The van der Waals surface area contributed by atoms with E-state index >= 15 is 0 Å². The Morgan fingerprint density at radius 2 is 2.17 bits per heavy atom. The number of anilines is 1. The van der Waals surface area contributed by atoms with Gasteiger partial charge in [-0.15, -0.1) is 0 Å². The minimum atomic E-state index is 0.891. The lowest BCUT2D eigenvalue weighted by atomic mass is 9.85. The second-order valence-electron chi connectivity index (χ2n) is 5.38. The van der Waals surface area contributed by atoms with Gasteiger partial charge >= 0.3 is 0 Å². The van der Waals surface area contributed by atoms with Crippen LogP contribution in [0.3, 0.4) is 0 Å². The van der Waals surface area contributed by atoms with Crippen molar-refractivity contribution in [3.63, 3.8) is 0 Å². The lowest BCUT2D eigenvalue weighted by Crippen LogP contribution is -2.34. The van der Waals surface area contributed by atoms with E-state index in [-0.39, 0.29) is 0 Å². The molecule has 0 amide bonds. The van der Waals surface area contributed by atoms with E-state index in [2.05, 4.69) is 36.2 Å². The summed E-state index contributed by atoms with van der Waals surface area (Å²) in [7, 11) is 4.06. The van der Waals surface area contributed by atoms with Crippen molar-refractivity contribution in [1.29, 1.82) is 0 Å². The zero-order valence-corrected chi connectivity index (χ0v) is 12.2. The zero-order chi connectivity index (χ0) is 13.1. The third-order valence-corrected chi connectivity index (χ3v) is 4.05. The van der Waals surface area contributed by atoms with Crippen molar-refractivity contribution in [2.24, 2.45) is 13.0 Å². The highest BCUT2D eigenvalue weighted by Crippen LogP contribution is 2.30. The minimum absolute atomic E-state index is 0.891. The molecule has 0 spiro atoms. The molecule has 1 aliphatic rings. The summed E-state index contributed by atoms with van der Waals surface area (Å²) in [6.07, 6.45) is 4.21. The molecule has 1 aliphatic carbocycles. The Morgan fingerprint density at radius 3 is 2.67 bits per heavy atom. The molecule has 0 unspecified atom stereocenters. The van der Waals surface area contributed by atoms with Crippen molar-refractivity contribution in [1.82, 2.24) is 15.1 Å². The van der Waals surface area contributed by atoms with Gasteiger partial charge in [-0.3, -0.25) is 4.68 Å². The molecule has 4 heteroatoms. The van der Waals surface area contributed by atoms with Gasteiger partial charge < -0.3 is 10.2 Å². The first-order valence-corrected chi connectivity index (χ1v) is 7.09. The van der Waals surface area contributed by atoms with Crippen LogP contribution in [0.15, 0.2) is 0 Å². The average molecular weight is 250 g/mol. The fraction of sp³-hybridized carbons (Fsp3) is 0.786. The van der Waals surface area contributed by atoms with Gasteiger partial charge in [0.05, 0.1) is 5.69 Å². The van der Waals surface area contributed by atoms with Crippen LogP contribution in [-0.2, 0) is 13.6 Å². The summed E-state index contributed by atoms with van der Waals surface area (Å²) >= 11 is 0. The van der Waals surface area contributed by atoms with Crippen LogP contribution in [-0.4, -0.2) is 29.9 Å². The fourth-order valence-corrected chi connectivity index (χ4v) is 2.82. The summed E-state index contributed by atoms with van der Waals surface area (Å²) in [4.78, 5) is 2.50. The van der Waals surface area contributed by atoms with E-state index in [9.17, 15) is 0 Å². The molecule has 2 rings (SSSR count). The van der Waals surface area contributed by atoms with Crippen molar-refractivity contribution >= 4 is 5.82 Å². The summed E-state index contributed by atoms with van der Waals surface area (Å²) in [5.74, 6) is 2.19. The second-order valence-corrected chi connectivity index (χ2v) is 5.38. The van der Waals surface area contributed by atoms with E-state index in [0.717, 1.165) is 24.7 Å². The Hall–Kier alpha value is -1.03. The normalized spacial score (nSPS) is 15.8. The monoisotopic (exact) mass is 250 g/mol. The Morgan fingerprint density at radius 1 is 1.44 bits per heavy atom. The Labute approximate surface area is 110 Å². The van der Waals surface area contributed by atoms with Crippen LogP contribution in [0.4, 0.5) is 5.82 Å². The smallest absolute Gasteiger partial charge is 0.131 e. The molecule has 1 fully saturated rings. The zero-order valence-electron chi connectivity index (χ0n) is 12.2. The van der Waals surface area contributed by atoms with Gasteiger partial charge in [0.1, 0.15) is 5.82 Å². The second kappa shape index (κ2) is 5.74. The number of nitrogens with one attached hydrogen (secondary N) is 1. The highest BCUT2D eigenvalue weighted by Gasteiger charge is 2.24.